The van der Waals surface area contributed by atoms with Crippen molar-refractivity contribution in [3.05, 3.63) is 33.4 Å². The molecule has 2 heteroatoms. The van der Waals surface area contributed by atoms with E-state index in [1.54, 1.807) is 0 Å². The number of hydrogen-bond acceptors (Lipinski definition) is 1. The summed E-state index contributed by atoms with van der Waals surface area (Å²) in [7, 11) is 0. The van der Waals surface area contributed by atoms with Crippen molar-refractivity contribution in [1.29, 1.82) is 0 Å². The van der Waals surface area contributed by atoms with Gasteiger partial charge in [-0.1, -0.05) is 38.3 Å². The van der Waals surface area contributed by atoms with Gasteiger partial charge in [0.2, 0.25) is 0 Å². The number of benzene rings is 1. The Labute approximate surface area is 125 Å². The first-order valence-electron chi connectivity index (χ1n) is 7.20. The molecule has 1 nitrogen and oxygen atoms in total. The Balaban J connectivity index is 1.90. The molecule has 0 spiro atoms. The molecule has 1 aliphatic carbocycles. The van der Waals surface area contributed by atoms with Crippen LogP contribution in [0.3, 0.4) is 0 Å². The van der Waals surface area contributed by atoms with Crippen LogP contribution in [0.5, 0.6) is 0 Å². The lowest BCUT2D eigenvalue weighted by molar-refractivity contribution is 0.266. The number of rotatable bonds is 4. The lowest BCUT2D eigenvalue weighted by Crippen LogP contribution is -2.35. The van der Waals surface area contributed by atoms with Gasteiger partial charge < -0.3 is 5.32 Å². The molecule has 0 bridgehead atoms. The minimum absolute atomic E-state index is 0.475. The Morgan fingerprint density at radius 2 is 2.00 bits per heavy atom. The number of halogens is 1. The van der Waals surface area contributed by atoms with E-state index < -0.39 is 0 Å². The van der Waals surface area contributed by atoms with Crippen LogP contribution in [0.25, 0.3) is 0 Å². The summed E-state index contributed by atoms with van der Waals surface area (Å²) in [5.74, 6) is 0.945. The van der Waals surface area contributed by atoms with Gasteiger partial charge in [0.1, 0.15) is 0 Å². The highest BCUT2D eigenvalue weighted by Crippen LogP contribution is 2.28. The van der Waals surface area contributed by atoms with E-state index in [-0.39, 0.29) is 0 Å². The molecule has 0 saturated heterocycles. The molecule has 1 aliphatic rings. The zero-order valence-electron chi connectivity index (χ0n) is 11.5. The van der Waals surface area contributed by atoms with Gasteiger partial charge >= 0.3 is 0 Å². The van der Waals surface area contributed by atoms with Crippen molar-refractivity contribution < 1.29 is 0 Å². The van der Waals surface area contributed by atoms with E-state index in [1.165, 1.54) is 41.2 Å². The Morgan fingerprint density at radius 1 is 1.28 bits per heavy atom. The highest BCUT2D eigenvalue weighted by Gasteiger charge is 2.21. The van der Waals surface area contributed by atoms with Crippen LogP contribution in [-0.2, 0) is 0 Å². The highest BCUT2D eigenvalue weighted by molar-refractivity contribution is 14.1. The average Bonchev–Trinajstić information content (AvgIpc) is 2.39. The molecule has 0 amide bonds. The monoisotopic (exact) mass is 357 g/mol. The zero-order chi connectivity index (χ0) is 13.0. The lowest BCUT2D eigenvalue weighted by atomic mass is 9.84. The summed E-state index contributed by atoms with van der Waals surface area (Å²) in [6.07, 6.45) is 6.90. The van der Waals surface area contributed by atoms with E-state index in [4.69, 9.17) is 0 Å². The van der Waals surface area contributed by atoms with Crippen molar-refractivity contribution in [3.63, 3.8) is 0 Å². The molecular weight excluding hydrogens is 333 g/mol. The molecule has 1 saturated carbocycles. The summed E-state index contributed by atoms with van der Waals surface area (Å²) in [6.45, 7) is 4.62. The van der Waals surface area contributed by atoms with E-state index >= 15 is 0 Å². The van der Waals surface area contributed by atoms with E-state index in [0.29, 0.717) is 6.04 Å². The Kier molecular flexibility index (Phi) is 5.49. The van der Waals surface area contributed by atoms with Crippen LogP contribution in [0, 0.1) is 9.49 Å². The molecule has 0 radical (unpaired) electrons. The molecular formula is C16H24IN. The maximum atomic E-state index is 3.82. The number of hydrogen-bond donors (Lipinski definition) is 1. The van der Waals surface area contributed by atoms with E-state index in [2.05, 4.69) is 66.0 Å². The normalized spacial score (nSPS) is 25.9. The minimum atomic E-state index is 0.475. The van der Waals surface area contributed by atoms with Crippen LogP contribution in [0.1, 0.15) is 57.6 Å². The summed E-state index contributed by atoms with van der Waals surface area (Å²) < 4.78 is 1.31. The van der Waals surface area contributed by atoms with Crippen LogP contribution < -0.4 is 5.32 Å². The van der Waals surface area contributed by atoms with Gasteiger partial charge in [0.05, 0.1) is 0 Å². The molecule has 1 aromatic carbocycles. The van der Waals surface area contributed by atoms with Crippen molar-refractivity contribution in [2.75, 3.05) is 0 Å². The quantitative estimate of drug-likeness (QED) is 0.755. The third-order valence-corrected chi connectivity index (χ3v) is 4.94. The third-order valence-electron chi connectivity index (χ3n) is 4.22. The Bertz CT molecular complexity index is 360. The van der Waals surface area contributed by atoms with Gasteiger partial charge in [-0.2, -0.15) is 0 Å². The van der Waals surface area contributed by atoms with Crippen LogP contribution in [-0.4, -0.2) is 6.04 Å². The van der Waals surface area contributed by atoms with E-state index in [1.807, 2.05) is 0 Å². The van der Waals surface area contributed by atoms with Crippen LogP contribution >= 0.6 is 22.6 Å². The van der Waals surface area contributed by atoms with Crippen molar-refractivity contribution in [3.8, 4) is 0 Å². The van der Waals surface area contributed by atoms with E-state index in [9.17, 15) is 0 Å². The first kappa shape index (κ1) is 14.3. The molecule has 0 aliphatic heterocycles. The fraction of sp³-hybridized carbons (Fsp3) is 0.625. The third kappa shape index (κ3) is 3.95. The van der Waals surface area contributed by atoms with E-state index in [0.717, 1.165) is 12.0 Å². The second-order valence-corrected chi connectivity index (χ2v) is 6.82. The molecule has 2 rings (SSSR count). The molecule has 1 aromatic rings. The predicted molar refractivity (Wildman–Crippen MR) is 86.7 cm³/mol. The maximum Gasteiger partial charge on any atom is 0.0294 e. The van der Waals surface area contributed by atoms with Crippen molar-refractivity contribution >= 4 is 22.6 Å². The Morgan fingerprint density at radius 3 is 2.67 bits per heavy atom. The van der Waals surface area contributed by atoms with Gasteiger partial charge in [0, 0.05) is 15.7 Å². The second kappa shape index (κ2) is 6.90. The molecule has 1 N–H and O–H groups in total. The maximum absolute atomic E-state index is 3.82. The van der Waals surface area contributed by atoms with Crippen molar-refractivity contribution in [2.24, 2.45) is 5.92 Å². The first-order valence-corrected chi connectivity index (χ1v) is 8.28. The summed E-state index contributed by atoms with van der Waals surface area (Å²) in [6, 6.07) is 10.1. The smallest absolute Gasteiger partial charge is 0.0294 e. The molecule has 0 heterocycles. The van der Waals surface area contributed by atoms with Gasteiger partial charge in [-0.05, 0) is 66.0 Å². The fourth-order valence-corrected chi connectivity index (χ4v) is 3.37. The Hall–Kier alpha value is -0.0900. The zero-order valence-corrected chi connectivity index (χ0v) is 13.6. The fourth-order valence-electron chi connectivity index (χ4n) is 3.01. The predicted octanol–water partition coefficient (Wildman–Crippen LogP) is 4.91. The van der Waals surface area contributed by atoms with Crippen LogP contribution in [0.15, 0.2) is 24.3 Å². The van der Waals surface area contributed by atoms with Gasteiger partial charge in [-0.3, -0.25) is 0 Å². The van der Waals surface area contributed by atoms with Crippen molar-refractivity contribution in [1.82, 2.24) is 5.32 Å². The summed E-state index contributed by atoms with van der Waals surface area (Å²) in [4.78, 5) is 0. The van der Waals surface area contributed by atoms with Gasteiger partial charge in [0.15, 0.2) is 0 Å². The molecule has 100 valence electrons. The van der Waals surface area contributed by atoms with Gasteiger partial charge in [-0.15, -0.1) is 0 Å². The summed E-state index contributed by atoms with van der Waals surface area (Å²) in [5.41, 5.74) is 1.41. The molecule has 1 fully saturated rings. The van der Waals surface area contributed by atoms with Crippen LogP contribution in [0.2, 0.25) is 0 Å². The minimum Gasteiger partial charge on any atom is -0.307 e. The largest absolute Gasteiger partial charge is 0.307 e. The molecule has 3 unspecified atom stereocenters. The highest BCUT2D eigenvalue weighted by atomic mass is 127. The molecule has 0 aromatic heterocycles. The molecule has 3 atom stereocenters. The number of nitrogens with one attached hydrogen (secondary N) is 1. The first-order chi connectivity index (χ1) is 8.69. The standard InChI is InChI=1S/C16H24IN/c1-3-13-5-4-6-16(11-13)18-12(2)14-7-9-15(17)10-8-14/h7-10,12-13,16,18H,3-6,11H2,1-2H3. The van der Waals surface area contributed by atoms with Crippen LogP contribution in [0.4, 0.5) is 0 Å². The average molecular weight is 357 g/mol. The topological polar surface area (TPSA) is 12.0 Å². The van der Waals surface area contributed by atoms with Gasteiger partial charge in [0.25, 0.3) is 0 Å². The summed E-state index contributed by atoms with van der Waals surface area (Å²) in [5, 5.41) is 3.82. The van der Waals surface area contributed by atoms with Crippen molar-refractivity contribution in [2.45, 2.75) is 58.0 Å². The van der Waals surface area contributed by atoms with Gasteiger partial charge in [-0.25, -0.2) is 0 Å². The lowest BCUT2D eigenvalue weighted by Gasteiger charge is -2.31. The summed E-state index contributed by atoms with van der Waals surface area (Å²) >= 11 is 2.36. The molecule has 18 heavy (non-hydrogen) atoms. The second-order valence-electron chi connectivity index (χ2n) is 5.58. The SMILES string of the molecule is CCC1CCCC(NC(C)c2ccc(I)cc2)C1.